The van der Waals surface area contributed by atoms with Gasteiger partial charge in [-0.3, -0.25) is 0 Å². The molecule has 3 N–H and O–H groups in total. The molecule has 0 amide bonds. The summed E-state index contributed by atoms with van der Waals surface area (Å²) in [5, 5.41) is 9.15. The number of benzene rings is 4. The third kappa shape index (κ3) is 6.61. The topological polar surface area (TPSA) is 99.3 Å². The lowest BCUT2D eigenvalue weighted by Gasteiger charge is -2.28. The van der Waals surface area contributed by atoms with Gasteiger partial charge >= 0.3 is 0 Å². The molecule has 1 aromatic heterocycles. The molecule has 8 nitrogen and oxygen atoms in total. The summed E-state index contributed by atoms with van der Waals surface area (Å²) in [6.07, 6.45) is 3.87. The number of rotatable bonds is 10. The van der Waals surface area contributed by atoms with Crippen LogP contribution in [0.5, 0.6) is 0 Å². The molecule has 0 radical (unpaired) electrons. The fraction of sp³-hybridized carbons (Fsp3) is 0.294. The second-order valence-corrected chi connectivity index (χ2v) is 13.4. The van der Waals surface area contributed by atoms with Gasteiger partial charge in [-0.15, -0.1) is 0 Å². The summed E-state index contributed by atoms with van der Waals surface area (Å²) >= 11 is 0. The van der Waals surface area contributed by atoms with Gasteiger partial charge in [0, 0.05) is 54.7 Å². The first-order valence-electron chi connectivity index (χ1n) is 15.0. The molecule has 4 aromatic carbocycles. The molecular weight excluding hydrogens is 575 g/mol. The van der Waals surface area contributed by atoms with Crippen LogP contribution < -0.4 is 20.3 Å². The van der Waals surface area contributed by atoms with Crippen LogP contribution in [0.15, 0.2) is 89.8 Å². The lowest BCUT2D eigenvalue weighted by molar-refractivity contribution is 0.284. The van der Waals surface area contributed by atoms with Crippen molar-refractivity contribution < 1.29 is 12.8 Å². The molecule has 0 unspecified atom stereocenters. The number of aromatic nitrogens is 2. The minimum absolute atomic E-state index is 0.285. The Labute approximate surface area is 257 Å². The van der Waals surface area contributed by atoms with Crippen molar-refractivity contribution in [3.8, 4) is 0 Å². The van der Waals surface area contributed by atoms with E-state index >= 15 is 0 Å². The Morgan fingerprint density at radius 2 is 1.48 bits per heavy atom. The van der Waals surface area contributed by atoms with Gasteiger partial charge in [0.2, 0.25) is 16.0 Å². The number of sulfonamides is 1. The van der Waals surface area contributed by atoms with Crippen molar-refractivity contribution in [3.05, 3.63) is 90.7 Å². The lowest BCUT2D eigenvalue weighted by Crippen LogP contribution is -2.32. The van der Waals surface area contributed by atoms with Crippen LogP contribution in [-0.2, 0) is 10.0 Å². The maximum Gasteiger partial charge on any atom is 0.241 e. The number of para-hydroxylation sites is 1. The molecule has 1 fully saturated rings. The monoisotopic (exact) mass is 612 g/mol. The highest BCUT2D eigenvalue weighted by molar-refractivity contribution is 7.89. The zero-order valence-corrected chi connectivity index (χ0v) is 25.7. The van der Waals surface area contributed by atoms with Gasteiger partial charge in [0.05, 0.1) is 10.4 Å². The van der Waals surface area contributed by atoms with Crippen LogP contribution in [0.25, 0.3) is 21.7 Å². The van der Waals surface area contributed by atoms with Crippen LogP contribution in [-0.4, -0.2) is 45.6 Å². The van der Waals surface area contributed by atoms with Gasteiger partial charge in [-0.2, -0.15) is 4.98 Å². The lowest BCUT2D eigenvalue weighted by atomic mass is 9.82. The van der Waals surface area contributed by atoms with E-state index in [-0.39, 0.29) is 11.7 Å². The summed E-state index contributed by atoms with van der Waals surface area (Å²) in [6, 6.07) is 25.3. The van der Waals surface area contributed by atoms with Gasteiger partial charge in [-0.1, -0.05) is 42.5 Å². The van der Waals surface area contributed by atoms with Crippen LogP contribution in [0.4, 0.5) is 27.5 Å². The van der Waals surface area contributed by atoms with Gasteiger partial charge in [-0.25, -0.2) is 22.5 Å². The van der Waals surface area contributed by atoms with Gasteiger partial charge in [-0.05, 0) is 80.0 Å². The predicted molar refractivity (Wildman–Crippen MR) is 177 cm³/mol. The molecule has 1 saturated carbocycles. The molecule has 0 spiro atoms. The van der Waals surface area contributed by atoms with E-state index in [9.17, 15) is 12.8 Å². The van der Waals surface area contributed by atoms with Crippen LogP contribution >= 0.6 is 0 Å². The smallest absolute Gasteiger partial charge is 0.241 e. The van der Waals surface area contributed by atoms with E-state index in [1.807, 2.05) is 73.6 Å². The second-order valence-electron chi connectivity index (χ2n) is 11.7. The Morgan fingerprint density at radius 3 is 2.25 bits per heavy atom. The molecule has 0 aliphatic heterocycles. The van der Waals surface area contributed by atoms with E-state index < -0.39 is 10.0 Å². The van der Waals surface area contributed by atoms with E-state index in [4.69, 9.17) is 9.97 Å². The summed E-state index contributed by atoms with van der Waals surface area (Å²) in [5.74, 6) is 1.53. The minimum Gasteiger partial charge on any atom is -0.377 e. The number of anilines is 4. The van der Waals surface area contributed by atoms with E-state index in [1.54, 1.807) is 18.2 Å². The zero-order valence-electron chi connectivity index (χ0n) is 24.9. The van der Waals surface area contributed by atoms with E-state index in [1.165, 1.54) is 12.1 Å². The van der Waals surface area contributed by atoms with Crippen molar-refractivity contribution in [3.63, 3.8) is 0 Å². The number of halogens is 1. The van der Waals surface area contributed by atoms with Crippen molar-refractivity contribution >= 4 is 54.8 Å². The Morgan fingerprint density at radius 1 is 0.795 bits per heavy atom. The summed E-state index contributed by atoms with van der Waals surface area (Å²) in [4.78, 5) is 11.7. The third-order valence-electron chi connectivity index (χ3n) is 8.40. The van der Waals surface area contributed by atoms with Crippen molar-refractivity contribution in [2.75, 3.05) is 42.7 Å². The summed E-state index contributed by atoms with van der Waals surface area (Å²) < 4.78 is 43.4. The SMILES string of the molecule is CN(C)c1cccc2c(S(=O)(=O)NC[C@H]3CC[C@@H](CNc4nc(Nc5cccc(F)c5)c5ccccc5n4)CC3)cccc12. The van der Waals surface area contributed by atoms with Crippen LogP contribution in [0, 0.1) is 17.7 Å². The normalized spacial score (nSPS) is 17.1. The summed E-state index contributed by atoms with van der Waals surface area (Å²) in [7, 11) is 0.254. The summed E-state index contributed by atoms with van der Waals surface area (Å²) in [5.41, 5.74) is 2.40. The molecule has 0 saturated heterocycles. The number of hydrogen-bond donors (Lipinski definition) is 3. The van der Waals surface area contributed by atoms with Gasteiger partial charge in [0.1, 0.15) is 11.6 Å². The Kier molecular flexibility index (Phi) is 8.63. The quantitative estimate of drug-likeness (QED) is 0.157. The minimum atomic E-state index is -3.66. The average Bonchev–Trinajstić information content (AvgIpc) is 3.02. The largest absolute Gasteiger partial charge is 0.377 e. The van der Waals surface area contributed by atoms with Crippen LogP contribution in [0.2, 0.25) is 0 Å². The first-order chi connectivity index (χ1) is 21.3. The van der Waals surface area contributed by atoms with Gasteiger partial charge in [0.15, 0.2) is 0 Å². The molecule has 0 atom stereocenters. The highest BCUT2D eigenvalue weighted by atomic mass is 32.2. The molecule has 5 aromatic rings. The number of hydrogen-bond acceptors (Lipinski definition) is 7. The second kappa shape index (κ2) is 12.8. The first-order valence-corrected chi connectivity index (χ1v) is 16.5. The van der Waals surface area contributed by atoms with Crippen LogP contribution in [0.1, 0.15) is 25.7 Å². The average molecular weight is 613 g/mol. The standard InChI is InChI=1S/C34H37FN6O2S/c1-41(2)31-14-6-12-28-27(31)11-7-15-32(28)44(42,43)37-22-24-18-16-23(17-19-24)21-36-34-39-30-13-4-3-10-29(30)33(40-34)38-26-9-5-8-25(35)20-26/h3-15,20,23-24,37H,16-19,21-22H2,1-2H3,(H2,36,38,39,40)/t23-,24+. The molecular formula is C34H37FN6O2S. The molecule has 1 aliphatic carbocycles. The first kappa shape index (κ1) is 29.8. The van der Waals surface area contributed by atoms with Crippen LogP contribution in [0.3, 0.4) is 0 Å². The molecule has 10 heteroatoms. The maximum atomic E-state index is 13.8. The molecule has 1 aliphatic rings. The van der Waals surface area contributed by atoms with Crippen molar-refractivity contribution in [2.45, 2.75) is 30.6 Å². The molecule has 228 valence electrons. The Balaban J connectivity index is 1.06. The summed E-state index contributed by atoms with van der Waals surface area (Å²) in [6.45, 7) is 1.15. The third-order valence-corrected chi connectivity index (χ3v) is 9.88. The van der Waals surface area contributed by atoms with E-state index in [2.05, 4.69) is 15.4 Å². The molecule has 1 heterocycles. The van der Waals surface area contributed by atoms with Crippen molar-refractivity contribution in [1.29, 1.82) is 0 Å². The number of nitrogens with one attached hydrogen (secondary N) is 3. The van der Waals surface area contributed by atoms with Gasteiger partial charge in [0.25, 0.3) is 0 Å². The molecule has 6 rings (SSSR count). The highest BCUT2D eigenvalue weighted by Crippen LogP contribution is 2.32. The zero-order chi connectivity index (χ0) is 30.7. The maximum absolute atomic E-state index is 13.8. The Bertz CT molecular complexity index is 1890. The van der Waals surface area contributed by atoms with E-state index in [0.717, 1.165) is 59.6 Å². The predicted octanol–water partition coefficient (Wildman–Crippen LogP) is 6.93. The van der Waals surface area contributed by atoms with Crippen molar-refractivity contribution in [1.82, 2.24) is 14.7 Å². The van der Waals surface area contributed by atoms with E-state index in [0.29, 0.717) is 34.8 Å². The molecule has 44 heavy (non-hydrogen) atoms. The number of fused-ring (bicyclic) bond motifs is 2. The fourth-order valence-electron chi connectivity index (χ4n) is 6.02. The van der Waals surface area contributed by atoms with Gasteiger partial charge < -0.3 is 15.5 Å². The fourth-order valence-corrected chi connectivity index (χ4v) is 7.36. The van der Waals surface area contributed by atoms with Crippen molar-refractivity contribution in [2.24, 2.45) is 11.8 Å². The number of nitrogens with zero attached hydrogens (tertiary/aromatic N) is 3. The Hall–Kier alpha value is -4.28. The molecule has 0 bridgehead atoms. The highest BCUT2D eigenvalue weighted by Gasteiger charge is 2.25.